The van der Waals surface area contributed by atoms with E-state index in [1.807, 2.05) is 19.0 Å². The Hall–Kier alpha value is -1.95. The molecule has 0 radical (unpaired) electrons. The smallest absolute Gasteiger partial charge is 0.261 e. The molecule has 6 heteroatoms. The summed E-state index contributed by atoms with van der Waals surface area (Å²) in [7, 11) is 3.76. The Bertz CT molecular complexity index is 710. The number of aromatic nitrogens is 2. The van der Waals surface area contributed by atoms with Gasteiger partial charge in [0.15, 0.2) is 5.13 Å². The number of nitrogens with zero attached hydrogens (tertiary/aromatic N) is 3. The summed E-state index contributed by atoms with van der Waals surface area (Å²) in [4.78, 5) is 24.6. The third-order valence-electron chi connectivity index (χ3n) is 4.29. The summed E-state index contributed by atoms with van der Waals surface area (Å²) in [6, 6.07) is 3.57. The maximum absolute atomic E-state index is 12.6. The highest BCUT2D eigenvalue weighted by Crippen LogP contribution is 2.33. The summed E-state index contributed by atoms with van der Waals surface area (Å²) in [6.07, 6.45) is 6.22. The molecule has 1 amide bonds. The molecule has 2 aromatic rings. The predicted octanol–water partition coefficient (Wildman–Crippen LogP) is 3.37. The van der Waals surface area contributed by atoms with Crippen molar-refractivity contribution < 1.29 is 4.79 Å². The molecule has 3 rings (SSSR count). The van der Waals surface area contributed by atoms with Crippen LogP contribution < -0.4 is 10.2 Å². The number of thiazole rings is 1. The topological polar surface area (TPSA) is 58.1 Å². The fourth-order valence-electron chi connectivity index (χ4n) is 2.94. The summed E-state index contributed by atoms with van der Waals surface area (Å²) in [6.45, 7) is 2.24. The number of rotatable bonds is 4. The number of hydrogen-bond acceptors (Lipinski definition) is 5. The number of amides is 1. The third kappa shape index (κ3) is 3.37. The number of aryl methyl sites for hydroxylation is 1. The molecule has 2 heterocycles. The van der Waals surface area contributed by atoms with E-state index in [2.05, 4.69) is 22.2 Å². The molecule has 1 atom stereocenters. The van der Waals surface area contributed by atoms with Gasteiger partial charge in [-0.3, -0.25) is 10.1 Å². The molecule has 1 unspecified atom stereocenters. The molecule has 0 saturated carbocycles. The summed E-state index contributed by atoms with van der Waals surface area (Å²) in [5, 5.41) is 3.64. The molecule has 23 heavy (non-hydrogen) atoms. The SMILES string of the molecule is CCC1CCc2nc(NC(=O)c3cccnc3N(C)C)sc2C1. The minimum atomic E-state index is -0.153. The average molecular weight is 330 g/mol. The Morgan fingerprint density at radius 3 is 3.04 bits per heavy atom. The Labute approximate surface area is 140 Å². The minimum Gasteiger partial charge on any atom is -0.362 e. The van der Waals surface area contributed by atoms with E-state index in [-0.39, 0.29) is 5.91 Å². The second-order valence-electron chi connectivity index (χ2n) is 6.13. The van der Waals surface area contributed by atoms with E-state index < -0.39 is 0 Å². The first-order chi connectivity index (χ1) is 11.1. The van der Waals surface area contributed by atoms with Gasteiger partial charge in [-0.2, -0.15) is 0 Å². The van der Waals surface area contributed by atoms with Crippen LogP contribution in [0.25, 0.3) is 0 Å². The van der Waals surface area contributed by atoms with Crippen LogP contribution >= 0.6 is 11.3 Å². The Morgan fingerprint density at radius 2 is 2.30 bits per heavy atom. The number of carbonyl (C=O) groups excluding carboxylic acids is 1. The van der Waals surface area contributed by atoms with E-state index in [1.165, 1.54) is 17.7 Å². The van der Waals surface area contributed by atoms with Crippen LogP contribution in [0.5, 0.6) is 0 Å². The van der Waals surface area contributed by atoms with Crippen LogP contribution in [-0.2, 0) is 12.8 Å². The summed E-state index contributed by atoms with van der Waals surface area (Å²) in [5.74, 6) is 1.27. The van der Waals surface area contributed by atoms with Gasteiger partial charge in [-0.05, 0) is 37.3 Å². The zero-order valence-corrected chi connectivity index (χ0v) is 14.6. The second-order valence-corrected chi connectivity index (χ2v) is 7.21. The molecule has 1 aliphatic carbocycles. The van der Waals surface area contributed by atoms with Crippen molar-refractivity contribution in [3.63, 3.8) is 0 Å². The molecule has 0 bridgehead atoms. The zero-order chi connectivity index (χ0) is 16.4. The van der Waals surface area contributed by atoms with Gasteiger partial charge in [-0.1, -0.05) is 13.3 Å². The van der Waals surface area contributed by atoms with Crippen LogP contribution in [0.3, 0.4) is 0 Å². The van der Waals surface area contributed by atoms with Crippen molar-refractivity contribution in [2.24, 2.45) is 5.92 Å². The van der Waals surface area contributed by atoms with Gasteiger partial charge in [0.2, 0.25) is 0 Å². The monoisotopic (exact) mass is 330 g/mol. The zero-order valence-electron chi connectivity index (χ0n) is 13.8. The quantitative estimate of drug-likeness (QED) is 0.934. The van der Waals surface area contributed by atoms with Crippen LogP contribution in [-0.4, -0.2) is 30.0 Å². The van der Waals surface area contributed by atoms with Crippen molar-refractivity contribution in [3.05, 3.63) is 34.5 Å². The number of nitrogens with one attached hydrogen (secondary N) is 1. The van der Waals surface area contributed by atoms with Crippen LogP contribution in [0.15, 0.2) is 18.3 Å². The molecule has 0 saturated heterocycles. The van der Waals surface area contributed by atoms with Crippen molar-refractivity contribution in [2.45, 2.75) is 32.6 Å². The van der Waals surface area contributed by atoms with Crippen molar-refractivity contribution in [2.75, 3.05) is 24.3 Å². The fraction of sp³-hybridized carbons (Fsp3) is 0.471. The van der Waals surface area contributed by atoms with E-state index in [0.717, 1.165) is 24.5 Å². The average Bonchev–Trinajstić information content (AvgIpc) is 2.95. The molecule has 122 valence electrons. The standard InChI is InChI=1S/C17H22N4OS/c1-4-11-7-8-13-14(10-11)23-17(19-13)20-16(22)12-6-5-9-18-15(12)21(2)3/h5-6,9,11H,4,7-8,10H2,1-3H3,(H,19,20,22). The lowest BCUT2D eigenvalue weighted by Gasteiger charge is -2.18. The molecule has 2 aromatic heterocycles. The first-order valence-corrected chi connectivity index (χ1v) is 8.82. The van der Waals surface area contributed by atoms with Crippen LogP contribution in [0, 0.1) is 5.92 Å². The van der Waals surface area contributed by atoms with Crippen molar-refractivity contribution >= 4 is 28.2 Å². The number of fused-ring (bicyclic) bond motifs is 1. The second kappa shape index (κ2) is 6.66. The highest BCUT2D eigenvalue weighted by Gasteiger charge is 2.23. The summed E-state index contributed by atoms with van der Waals surface area (Å²) >= 11 is 1.61. The van der Waals surface area contributed by atoms with E-state index in [4.69, 9.17) is 0 Å². The maximum atomic E-state index is 12.6. The first-order valence-electron chi connectivity index (χ1n) is 8.00. The third-order valence-corrected chi connectivity index (χ3v) is 5.33. The van der Waals surface area contributed by atoms with E-state index >= 15 is 0 Å². The largest absolute Gasteiger partial charge is 0.362 e. The maximum Gasteiger partial charge on any atom is 0.261 e. The molecular weight excluding hydrogens is 308 g/mol. The summed E-state index contributed by atoms with van der Waals surface area (Å²) < 4.78 is 0. The molecule has 0 aromatic carbocycles. The van der Waals surface area contributed by atoms with E-state index in [9.17, 15) is 4.79 Å². The normalized spacial score (nSPS) is 16.7. The minimum absolute atomic E-state index is 0.153. The molecular formula is C17H22N4OS. The van der Waals surface area contributed by atoms with Crippen molar-refractivity contribution in [1.82, 2.24) is 9.97 Å². The van der Waals surface area contributed by atoms with Crippen LogP contribution in [0.2, 0.25) is 0 Å². The van der Waals surface area contributed by atoms with Crippen LogP contribution in [0.1, 0.15) is 40.7 Å². The van der Waals surface area contributed by atoms with Gasteiger partial charge in [0, 0.05) is 25.2 Å². The predicted molar refractivity (Wildman–Crippen MR) is 94.4 cm³/mol. The van der Waals surface area contributed by atoms with Gasteiger partial charge in [-0.25, -0.2) is 9.97 Å². The number of hydrogen-bond donors (Lipinski definition) is 1. The van der Waals surface area contributed by atoms with Gasteiger partial charge in [0.1, 0.15) is 5.82 Å². The Morgan fingerprint density at radius 1 is 1.48 bits per heavy atom. The summed E-state index contributed by atoms with van der Waals surface area (Å²) in [5.41, 5.74) is 1.73. The van der Waals surface area contributed by atoms with Crippen molar-refractivity contribution in [3.8, 4) is 0 Å². The van der Waals surface area contributed by atoms with Gasteiger partial charge < -0.3 is 4.90 Å². The number of pyridine rings is 1. The highest BCUT2D eigenvalue weighted by atomic mass is 32.1. The number of anilines is 2. The molecule has 1 N–H and O–H groups in total. The van der Waals surface area contributed by atoms with Gasteiger partial charge >= 0.3 is 0 Å². The lowest BCUT2D eigenvalue weighted by molar-refractivity contribution is 0.102. The lowest BCUT2D eigenvalue weighted by atomic mass is 9.89. The van der Waals surface area contributed by atoms with Crippen LogP contribution in [0.4, 0.5) is 10.9 Å². The molecule has 0 spiro atoms. The molecule has 1 aliphatic rings. The highest BCUT2D eigenvalue weighted by molar-refractivity contribution is 7.15. The molecule has 5 nitrogen and oxygen atoms in total. The molecule has 0 fully saturated rings. The first kappa shape index (κ1) is 15.9. The van der Waals surface area contributed by atoms with Gasteiger partial charge in [0.25, 0.3) is 5.91 Å². The number of carbonyl (C=O) groups is 1. The van der Waals surface area contributed by atoms with Crippen molar-refractivity contribution in [1.29, 1.82) is 0 Å². The lowest BCUT2D eigenvalue weighted by Crippen LogP contribution is -2.19. The van der Waals surface area contributed by atoms with Gasteiger partial charge in [-0.15, -0.1) is 11.3 Å². The molecule has 0 aliphatic heterocycles. The Balaban J connectivity index is 1.78. The van der Waals surface area contributed by atoms with E-state index in [0.29, 0.717) is 16.5 Å². The van der Waals surface area contributed by atoms with Gasteiger partial charge in [0.05, 0.1) is 11.3 Å². The Kier molecular flexibility index (Phi) is 4.61. The fourth-order valence-corrected chi connectivity index (χ4v) is 4.06. The van der Waals surface area contributed by atoms with E-state index in [1.54, 1.807) is 29.7 Å².